The van der Waals surface area contributed by atoms with E-state index in [0.29, 0.717) is 23.7 Å². The summed E-state index contributed by atoms with van der Waals surface area (Å²) in [7, 11) is -2.15. The number of fused-ring (bicyclic) bond motifs is 1. The molecule has 6 nitrogen and oxygen atoms in total. The van der Waals surface area contributed by atoms with Crippen molar-refractivity contribution in [3.05, 3.63) is 102 Å². The topological polar surface area (TPSA) is 77.0 Å². The van der Waals surface area contributed by atoms with Gasteiger partial charge in [-0.3, -0.25) is 0 Å². The van der Waals surface area contributed by atoms with Gasteiger partial charge in [-0.2, -0.15) is 13.5 Å². The first kappa shape index (κ1) is 21.4. The monoisotopic (exact) mass is 446 g/mol. The lowest BCUT2D eigenvalue weighted by molar-refractivity contribution is 0.285. The molecular weight excluding hydrogens is 424 g/mol. The van der Waals surface area contributed by atoms with Gasteiger partial charge in [0.25, 0.3) is 10.0 Å². The van der Waals surface area contributed by atoms with Gasteiger partial charge in [0.05, 0.1) is 18.2 Å². The van der Waals surface area contributed by atoms with Crippen LogP contribution in [0, 0.1) is 0 Å². The minimum absolute atomic E-state index is 0.144. The number of ether oxygens (including phenoxy) is 2. The Labute approximate surface area is 187 Å². The molecule has 4 aromatic rings. The second-order valence-corrected chi connectivity index (χ2v) is 8.66. The molecule has 32 heavy (non-hydrogen) atoms. The van der Waals surface area contributed by atoms with E-state index >= 15 is 0 Å². The molecule has 4 aromatic carbocycles. The van der Waals surface area contributed by atoms with E-state index in [-0.39, 0.29) is 4.90 Å². The van der Waals surface area contributed by atoms with Gasteiger partial charge in [-0.05, 0) is 52.2 Å². The average molecular weight is 447 g/mol. The van der Waals surface area contributed by atoms with Gasteiger partial charge in [0, 0.05) is 0 Å². The van der Waals surface area contributed by atoms with E-state index in [1.807, 2.05) is 24.3 Å². The molecule has 162 valence electrons. The average Bonchev–Trinajstić information content (AvgIpc) is 2.83. The quantitative estimate of drug-likeness (QED) is 0.313. The Morgan fingerprint density at radius 2 is 1.62 bits per heavy atom. The number of rotatable bonds is 8. The molecule has 4 rings (SSSR count). The molecule has 0 radical (unpaired) electrons. The Kier molecular flexibility index (Phi) is 6.37. The number of hydrogen-bond donors (Lipinski definition) is 1. The van der Waals surface area contributed by atoms with Crippen LogP contribution in [0.1, 0.15) is 11.1 Å². The van der Waals surface area contributed by atoms with Crippen molar-refractivity contribution in [2.75, 3.05) is 7.11 Å². The lowest BCUT2D eigenvalue weighted by atomic mass is 10.1. The van der Waals surface area contributed by atoms with Crippen LogP contribution in [-0.2, 0) is 16.6 Å². The minimum atomic E-state index is -3.72. The van der Waals surface area contributed by atoms with E-state index in [1.165, 1.54) is 18.3 Å². The maximum atomic E-state index is 12.3. The molecule has 0 spiro atoms. The minimum Gasteiger partial charge on any atom is -0.493 e. The fraction of sp³-hybridized carbons (Fsp3) is 0.0800. The maximum absolute atomic E-state index is 12.3. The number of methoxy groups -OCH3 is 1. The van der Waals surface area contributed by atoms with Crippen molar-refractivity contribution >= 4 is 27.0 Å². The summed E-state index contributed by atoms with van der Waals surface area (Å²) in [4.78, 5) is 2.36. The number of hydrazone groups is 1. The summed E-state index contributed by atoms with van der Waals surface area (Å²) in [5, 5.41) is 6.16. The van der Waals surface area contributed by atoms with E-state index < -0.39 is 10.0 Å². The Hall–Kier alpha value is -3.84. The molecule has 0 amide bonds. The van der Waals surface area contributed by atoms with Gasteiger partial charge in [0.1, 0.15) is 6.61 Å². The normalized spacial score (nSPS) is 11.5. The van der Waals surface area contributed by atoms with Gasteiger partial charge in [0.2, 0.25) is 0 Å². The standard InChI is InChI=1S/C25H22N2O4S/c1-30-24-15-14-19(17-26-27-32(28,29)22-11-3-2-4-12-22)16-25(24)31-18-21-10-7-9-20-8-5-6-13-23(20)21/h2-17,27H,18H2,1H3/b26-17-. The number of sulfonamides is 1. The number of nitrogens with one attached hydrogen (secondary N) is 1. The van der Waals surface area contributed by atoms with Crippen LogP contribution in [0.3, 0.4) is 0 Å². The van der Waals surface area contributed by atoms with Gasteiger partial charge in [-0.25, -0.2) is 4.83 Å². The molecular formula is C25H22N2O4S. The molecule has 0 saturated heterocycles. The summed E-state index contributed by atoms with van der Waals surface area (Å²) in [5.41, 5.74) is 1.72. The summed E-state index contributed by atoms with van der Waals surface area (Å²) in [5.74, 6) is 1.11. The van der Waals surface area contributed by atoms with Crippen LogP contribution >= 0.6 is 0 Å². The molecule has 1 N–H and O–H groups in total. The predicted octanol–water partition coefficient (Wildman–Crippen LogP) is 4.74. The largest absolute Gasteiger partial charge is 0.493 e. The molecule has 7 heteroatoms. The number of benzene rings is 4. The van der Waals surface area contributed by atoms with E-state index in [2.05, 4.69) is 28.1 Å². The highest BCUT2D eigenvalue weighted by Gasteiger charge is 2.11. The van der Waals surface area contributed by atoms with E-state index in [4.69, 9.17) is 9.47 Å². The first-order valence-electron chi connectivity index (χ1n) is 9.94. The van der Waals surface area contributed by atoms with Crippen molar-refractivity contribution in [2.24, 2.45) is 5.10 Å². The molecule has 0 unspecified atom stereocenters. The van der Waals surface area contributed by atoms with E-state index in [9.17, 15) is 8.42 Å². The van der Waals surface area contributed by atoms with Crippen molar-refractivity contribution in [1.29, 1.82) is 0 Å². The summed E-state index contributed by atoms with van der Waals surface area (Å²) < 4.78 is 36.0. The van der Waals surface area contributed by atoms with Crippen LogP contribution in [0.15, 0.2) is 101 Å². The molecule has 0 aliphatic heterocycles. The molecule has 0 fully saturated rings. The Bertz CT molecular complexity index is 1350. The second kappa shape index (κ2) is 9.53. The van der Waals surface area contributed by atoms with Crippen molar-refractivity contribution < 1.29 is 17.9 Å². The SMILES string of the molecule is COc1ccc(/C=N\NS(=O)(=O)c2ccccc2)cc1OCc1cccc2ccccc12. The Balaban J connectivity index is 1.50. The van der Waals surface area contributed by atoms with Crippen LogP contribution in [0.25, 0.3) is 10.8 Å². The van der Waals surface area contributed by atoms with Gasteiger partial charge in [-0.1, -0.05) is 60.7 Å². The van der Waals surface area contributed by atoms with Crippen molar-refractivity contribution in [3.63, 3.8) is 0 Å². The summed E-state index contributed by atoms with van der Waals surface area (Å²) in [6, 6.07) is 27.6. The number of hydrogen-bond acceptors (Lipinski definition) is 5. The van der Waals surface area contributed by atoms with E-state index in [0.717, 1.165) is 16.3 Å². The molecule has 0 atom stereocenters. The highest BCUT2D eigenvalue weighted by Crippen LogP contribution is 2.29. The molecule has 0 bridgehead atoms. The lowest BCUT2D eigenvalue weighted by Gasteiger charge is -2.13. The van der Waals surface area contributed by atoms with Crippen LogP contribution in [0.4, 0.5) is 0 Å². The third-order valence-electron chi connectivity index (χ3n) is 4.89. The van der Waals surface area contributed by atoms with Crippen molar-refractivity contribution in [2.45, 2.75) is 11.5 Å². The second-order valence-electron chi connectivity index (χ2n) is 7.00. The van der Waals surface area contributed by atoms with Crippen molar-refractivity contribution in [3.8, 4) is 11.5 Å². The molecule has 0 heterocycles. The summed E-state index contributed by atoms with van der Waals surface area (Å²) in [6.07, 6.45) is 1.42. The lowest BCUT2D eigenvalue weighted by Crippen LogP contribution is -2.18. The number of nitrogens with zero attached hydrogens (tertiary/aromatic N) is 1. The Morgan fingerprint density at radius 1 is 0.875 bits per heavy atom. The zero-order valence-electron chi connectivity index (χ0n) is 17.4. The van der Waals surface area contributed by atoms with Crippen LogP contribution < -0.4 is 14.3 Å². The smallest absolute Gasteiger partial charge is 0.276 e. The zero-order chi connectivity index (χ0) is 22.4. The van der Waals surface area contributed by atoms with Gasteiger partial charge >= 0.3 is 0 Å². The van der Waals surface area contributed by atoms with Crippen LogP contribution in [-0.4, -0.2) is 21.7 Å². The highest BCUT2D eigenvalue weighted by atomic mass is 32.2. The first-order valence-corrected chi connectivity index (χ1v) is 11.4. The summed E-state index contributed by atoms with van der Waals surface area (Å²) in [6.45, 7) is 0.360. The summed E-state index contributed by atoms with van der Waals surface area (Å²) >= 11 is 0. The first-order chi connectivity index (χ1) is 15.6. The third kappa shape index (κ3) is 4.90. The maximum Gasteiger partial charge on any atom is 0.276 e. The molecule has 0 aliphatic carbocycles. The fourth-order valence-electron chi connectivity index (χ4n) is 3.28. The highest BCUT2D eigenvalue weighted by molar-refractivity contribution is 7.89. The van der Waals surface area contributed by atoms with Crippen molar-refractivity contribution in [1.82, 2.24) is 4.83 Å². The van der Waals surface area contributed by atoms with E-state index in [1.54, 1.807) is 43.5 Å². The van der Waals surface area contributed by atoms with Crippen LogP contribution in [0.5, 0.6) is 11.5 Å². The predicted molar refractivity (Wildman–Crippen MR) is 126 cm³/mol. The fourth-order valence-corrected chi connectivity index (χ4v) is 4.10. The third-order valence-corrected chi connectivity index (χ3v) is 6.13. The van der Waals surface area contributed by atoms with Gasteiger partial charge < -0.3 is 9.47 Å². The van der Waals surface area contributed by atoms with Gasteiger partial charge in [0.15, 0.2) is 11.5 Å². The molecule has 0 aliphatic rings. The van der Waals surface area contributed by atoms with Crippen LogP contribution in [0.2, 0.25) is 0 Å². The Morgan fingerprint density at radius 3 is 2.44 bits per heavy atom. The van der Waals surface area contributed by atoms with Gasteiger partial charge in [-0.15, -0.1) is 0 Å². The molecule has 0 saturated carbocycles. The molecule has 0 aromatic heterocycles. The zero-order valence-corrected chi connectivity index (χ0v) is 18.2.